The average Bonchev–Trinajstić information content (AvgIpc) is 3.24. The third kappa shape index (κ3) is 4.75. The lowest BCUT2D eigenvalue weighted by atomic mass is 10.2. The number of ether oxygens (including phenoxy) is 1. The van der Waals surface area contributed by atoms with Crippen molar-refractivity contribution in [3.63, 3.8) is 0 Å². The van der Waals surface area contributed by atoms with Gasteiger partial charge in [0.05, 0.1) is 17.8 Å². The Morgan fingerprint density at radius 1 is 1.07 bits per heavy atom. The molecule has 1 amide bonds. The lowest BCUT2D eigenvalue weighted by Crippen LogP contribution is -2.48. The van der Waals surface area contributed by atoms with Crippen LogP contribution in [0.15, 0.2) is 41.8 Å². The lowest BCUT2D eigenvalue weighted by molar-refractivity contribution is 0.0622. The smallest absolute Gasteiger partial charge is 0.274 e. The van der Waals surface area contributed by atoms with Gasteiger partial charge in [-0.2, -0.15) is 0 Å². The molecule has 9 heteroatoms. The third-order valence-electron chi connectivity index (χ3n) is 4.95. The number of amides is 1. The molecule has 156 valence electrons. The fourth-order valence-electron chi connectivity index (χ4n) is 3.30. The predicted molar refractivity (Wildman–Crippen MR) is 120 cm³/mol. The van der Waals surface area contributed by atoms with Gasteiger partial charge in [-0.05, 0) is 36.4 Å². The van der Waals surface area contributed by atoms with Crippen molar-refractivity contribution in [3.05, 3.63) is 63.3 Å². The molecule has 3 aromatic rings. The highest BCUT2D eigenvalue weighted by Gasteiger charge is 2.25. The molecule has 1 aliphatic heterocycles. The summed E-state index contributed by atoms with van der Waals surface area (Å²) in [5, 5.41) is 3.66. The van der Waals surface area contributed by atoms with Crippen LogP contribution in [0.4, 0.5) is 0 Å². The van der Waals surface area contributed by atoms with Crippen molar-refractivity contribution in [1.82, 2.24) is 19.8 Å². The summed E-state index contributed by atoms with van der Waals surface area (Å²) < 4.78 is 5.21. The van der Waals surface area contributed by atoms with Crippen LogP contribution in [0.1, 0.15) is 16.2 Å². The molecule has 0 spiro atoms. The summed E-state index contributed by atoms with van der Waals surface area (Å²) in [7, 11) is 1.66. The summed E-state index contributed by atoms with van der Waals surface area (Å²) in [5.74, 6) is 0.648. The number of aromatic nitrogens is 2. The van der Waals surface area contributed by atoms with E-state index in [1.165, 1.54) is 0 Å². The van der Waals surface area contributed by atoms with E-state index in [1.807, 2.05) is 24.3 Å². The Hall–Kier alpha value is -2.19. The van der Waals surface area contributed by atoms with Gasteiger partial charge in [0.25, 0.3) is 5.91 Å². The monoisotopic (exact) mass is 462 g/mol. The lowest BCUT2D eigenvalue weighted by Gasteiger charge is -2.34. The highest BCUT2D eigenvalue weighted by Crippen LogP contribution is 2.26. The number of benzene rings is 1. The van der Waals surface area contributed by atoms with Gasteiger partial charge < -0.3 is 9.64 Å². The third-order valence-corrected chi connectivity index (χ3v) is 6.40. The molecule has 0 bridgehead atoms. The van der Waals surface area contributed by atoms with E-state index in [2.05, 4.69) is 15.3 Å². The van der Waals surface area contributed by atoms with E-state index in [-0.39, 0.29) is 16.8 Å². The molecular weight excluding hydrogens is 443 g/mol. The molecule has 1 saturated heterocycles. The van der Waals surface area contributed by atoms with Crippen LogP contribution in [0, 0.1) is 0 Å². The van der Waals surface area contributed by atoms with E-state index < -0.39 is 0 Å². The minimum atomic E-state index is -0.183. The van der Waals surface area contributed by atoms with E-state index >= 15 is 0 Å². The number of pyridine rings is 1. The largest absolute Gasteiger partial charge is 0.497 e. The number of halogens is 2. The van der Waals surface area contributed by atoms with Crippen LogP contribution in [0.2, 0.25) is 10.2 Å². The van der Waals surface area contributed by atoms with Crippen LogP contribution >= 0.6 is 34.5 Å². The molecule has 0 aliphatic carbocycles. The first-order valence-corrected chi connectivity index (χ1v) is 11.1. The molecule has 0 unspecified atom stereocenters. The van der Waals surface area contributed by atoms with Crippen LogP contribution in [0.5, 0.6) is 5.75 Å². The number of nitrogens with zero attached hydrogens (tertiary/aromatic N) is 4. The van der Waals surface area contributed by atoms with Crippen molar-refractivity contribution in [2.24, 2.45) is 0 Å². The molecule has 4 rings (SSSR count). The van der Waals surface area contributed by atoms with E-state index in [0.717, 1.165) is 41.6 Å². The Kier molecular flexibility index (Phi) is 6.53. The normalized spacial score (nSPS) is 14.7. The Morgan fingerprint density at radius 2 is 1.80 bits per heavy atom. The summed E-state index contributed by atoms with van der Waals surface area (Å²) in [6, 6.07) is 11.1. The van der Waals surface area contributed by atoms with E-state index in [9.17, 15) is 4.79 Å². The number of methoxy groups -OCH3 is 1. The Labute approximate surface area is 189 Å². The minimum Gasteiger partial charge on any atom is -0.497 e. The first kappa shape index (κ1) is 21.1. The van der Waals surface area contributed by atoms with E-state index in [4.69, 9.17) is 32.9 Å². The Morgan fingerprint density at radius 3 is 2.50 bits per heavy atom. The number of hydrogen-bond acceptors (Lipinski definition) is 6. The Bertz CT molecular complexity index is 1030. The molecule has 0 atom stereocenters. The van der Waals surface area contributed by atoms with Crippen molar-refractivity contribution < 1.29 is 9.53 Å². The van der Waals surface area contributed by atoms with Crippen molar-refractivity contribution in [3.8, 4) is 16.3 Å². The first-order valence-electron chi connectivity index (χ1n) is 9.46. The van der Waals surface area contributed by atoms with Gasteiger partial charge in [-0.25, -0.2) is 9.97 Å². The highest BCUT2D eigenvalue weighted by atomic mass is 35.5. The number of piperazine rings is 1. The maximum absolute atomic E-state index is 12.7. The highest BCUT2D eigenvalue weighted by molar-refractivity contribution is 7.13. The Balaban J connectivity index is 1.34. The fraction of sp³-hybridized carbons (Fsp3) is 0.286. The second-order valence-electron chi connectivity index (χ2n) is 6.91. The van der Waals surface area contributed by atoms with Crippen LogP contribution < -0.4 is 4.74 Å². The summed E-state index contributed by atoms with van der Waals surface area (Å²) >= 11 is 13.7. The summed E-state index contributed by atoms with van der Waals surface area (Å²) in [6.45, 7) is 3.50. The number of hydrogen-bond donors (Lipinski definition) is 0. The molecule has 0 N–H and O–H groups in total. The number of thiazole rings is 1. The van der Waals surface area contributed by atoms with Crippen molar-refractivity contribution in [2.75, 3.05) is 33.3 Å². The van der Waals surface area contributed by atoms with Crippen LogP contribution in [0.3, 0.4) is 0 Å². The van der Waals surface area contributed by atoms with Crippen LogP contribution in [0.25, 0.3) is 10.6 Å². The minimum absolute atomic E-state index is 0.183. The second-order valence-corrected chi connectivity index (χ2v) is 8.56. The molecule has 6 nitrogen and oxygen atoms in total. The van der Waals surface area contributed by atoms with Gasteiger partial charge in [-0.15, -0.1) is 11.3 Å². The van der Waals surface area contributed by atoms with Gasteiger partial charge in [0.2, 0.25) is 0 Å². The zero-order chi connectivity index (χ0) is 21.1. The number of rotatable bonds is 5. The number of carbonyl (C=O) groups is 1. The van der Waals surface area contributed by atoms with E-state index in [1.54, 1.807) is 35.5 Å². The summed E-state index contributed by atoms with van der Waals surface area (Å²) in [6.07, 6.45) is 0. The molecule has 0 radical (unpaired) electrons. The first-order chi connectivity index (χ1) is 14.5. The summed E-state index contributed by atoms with van der Waals surface area (Å²) in [4.78, 5) is 25.6. The van der Waals surface area contributed by atoms with Crippen molar-refractivity contribution >= 4 is 40.4 Å². The maximum Gasteiger partial charge on any atom is 0.274 e. The van der Waals surface area contributed by atoms with Crippen molar-refractivity contribution in [2.45, 2.75) is 6.54 Å². The number of carbonyl (C=O) groups excluding carboxylic acids is 1. The summed E-state index contributed by atoms with van der Waals surface area (Å²) in [5.41, 5.74) is 2.32. The zero-order valence-electron chi connectivity index (χ0n) is 16.3. The van der Waals surface area contributed by atoms with Gasteiger partial charge in [0.1, 0.15) is 21.6 Å². The van der Waals surface area contributed by atoms with Crippen LogP contribution in [-0.2, 0) is 6.54 Å². The quantitative estimate of drug-likeness (QED) is 0.523. The van der Waals surface area contributed by atoms with Crippen LogP contribution in [-0.4, -0.2) is 59.0 Å². The average molecular weight is 463 g/mol. The molecule has 1 aliphatic rings. The second kappa shape index (κ2) is 9.31. The molecular formula is C21H20Cl2N4O2S. The molecule has 1 aromatic carbocycles. The molecule has 0 saturated carbocycles. The standard InChI is InChI=1S/C21H20Cl2N4O2S/c1-29-16-4-2-14(3-5-16)20-24-15(13-30-20)12-26-8-10-27(11-9-26)21(28)19-17(22)6-7-18(23)25-19/h2-7,13H,8-12H2,1H3. The molecule has 3 heterocycles. The van der Waals surface area contributed by atoms with Gasteiger partial charge >= 0.3 is 0 Å². The van der Waals surface area contributed by atoms with Gasteiger partial charge in [-0.3, -0.25) is 9.69 Å². The molecule has 2 aromatic heterocycles. The SMILES string of the molecule is COc1ccc(-c2nc(CN3CCN(C(=O)c4nc(Cl)ccc4Cl)CC3)cs2)cc1. The topological polar surface area (TPSA) is 58.6 Å². The maximum atomic E-state index is 12.7. The van der Waals surface area contributed by atoms with Gasteiger partial charge in [0, 0.05) is 43.7 Å². The zero-order valence-corrected chi connectivity index (χ0v) is 18.7. The fourth-order valence-corrected chi connectivity index (χ4v) is 4.45. The van der Waals surface area contributed by atoms with Gasteiger partial charge in [0.15, 0.2) is 0 Å². The molecule has 30 heavy (non-hydrogen) atoms. The van der Waals surface area contributed by atoms with E-state index in [0.29, 0.717) is 18.1 Å². The van der Waals surface area contributed by atoms with Gasteiger partial charge in [-0.1, -0.05) is 23.2 Å². The molecule has 1 fully saturated rings. The van der Waals surface area contributed by atoms with Crippen molar-refractivity contribution in [1.29, 1.82) is 0 Å². The predicted octanol–water partition coefficient (Wildman–Crippen LogP) is 4.48.